The number of alkyl carbamates (subject to hydrolysis) is 2. The summed E-state index contributed by atoms with van der Waals surface area (Å²) in [6.07, 6.45) is -0.591. The Balaban J connectivity index is 1.47. The number of likely N-dealkylation sites (tertiary alicyclic amines) is 1. The highest BCUT2D eigenvalue weighted by Gasteiger charge is 2.31. The number of amides is 3. The van der Waals surface area contributed by atoms with Gasteiger partial charge < -0.3 is 24.3 Å². The predicted molar refractivity (Wildman–Crippen MR) is 175 cm³/mol. The summed E-state index contributed by atoms with van der Waals surface area (Å²) < 4.78 is 12.7. The Labute approximate surface area is 263 Å². The second-order valence-corrected chi connectivity index (χ2v) is 13.4. The highest BCUT2D eigenvalue weighted by molar-refractivity contribution is 6.07. The Morgan fingerprint density at radius 1 is 0.867 bits per heavy atom. The third-order valence-corrected chi connectivity index (χ3v) is 7.44. The maximum absolute atomic E-state index is 14.1. The molecule has 1 aliphatic rings. The molecule has 0 spiro atoms. The maximum atomic E-state index is 14.1. The lowest BCUT2D eigenvalue weighted by atomic mass is 10.0. The molecule has 1 aliphatic heterocycles. The number of hydrogen-bond donors (Lipinski definition) is 3. The number of carbonyl (C=O) groups excluding carboxylic acids is 3. The van der Waals surface area contributed by atoms with Crippen LogP contribution in [-0.4, -0.2) is 63.7 Å². The van der Waals surface area contributed by atoms with Crippen LogP contribution in [0.5, 0.6) is 0 Å². The SMILES string of the molecule is CC(C)(C)OC(=O)NC(=N)c1ccc2cc(C(=O)N3CC[C@@H](NC(=O)OC(C)(C)C)C3)n(Cc3cccc4ccccc34)c2c1. The first-order valence-electron chi connectivity index (χ1n) is 15.1. The van der Waals surface area contributed by atoms with E-state index in [0.717, 1.165) is 27.2 Å². The van der Waals surface area contributed by atoms with E-state index in [1.165, 1.54) is 0 Å². The molecule has 45 heavy (non-hydrogen) atoms. The smallest absolute Gasteiger partial charge is 0.413 e. The van der Waals surface area contributed by atoms with Crippen LogP contribution in [0.4, 0.5) is 9.59 Å². The van der Waals surface area contributed by atoms with Crippen LogP contribution in [0.25, 0.3) is 21.7 Å². The van der Waals surface area contributed by atoms with Gasteiger partial charge in [0.1, 0.15) is 22.7 Å². The minimum absolute atomic E-state index is 0.104. The number of rotatable bonds is 5. The van der Waals surface area contributed by atoms with E-state index >= 15 is 0 Å². The average molecular weight is 612 g/mol. The third-order valence-electron chi connectivity index (χ3n) is 7.44. The van der Waals surface area contributed by atoms with E-state index in [9.17, 15) is 14.4 Å². The molecule has 0 bridgehead atoms. The molecule has 4 aromatic rings. The first-order valence-corrected chi connectivity index (χ1v) is 15.1. The van der Waals surface area contributed by atoms with Crippen molar-refractivity contribution < 1.29 is 23.9 Å². The highest BCUT2D eigenvalue weighted by atomic mass is 16.6. The van der Waals surface area contributed by atoms with Gasteiger partial charge in [0.05, 0.1) is 6.04 Å². The normalized spacial score (nSPS) is 15.2. The molecule has 10 nitrogen and oxygen atoms in total. The largest absolute Gasteiger partial charge is 0.444 e. The van der Waals surface area contributed by atoms with Crippen molar-refractivity contribution in [1.29, 1.82) is 5.41 Å². The molecule has 3 amide bonds. The molecule has 2 heterocycles. The van der Waals surface area contributed by atoms with E-state index in [2.05, 4.69) is 34.9 Å². The van der Waals surface area contributed by atoms with E-state index in [0.29, 0.717) is 37.3 Å². The number of nitrogens with one attached hydrogen (secondary N) is 3. The lowest BCUT2D eigenvalue weighted by Gasteiger charge is -2.22. The second kappa shape index (κ2) is 12.3. The molecule has 10 heteroatoms. The lowest BCUT2D eigenvalue weighted by molar-refractivity contribution is 0.0500. The van der Waals surface area contributed by atoms with Crippen molar-refractivity contribution in [3.05, 3.63) is 83.6 Å². The van der Waals surface area contributed by atoms with Crippen LogP contribution < -0.4 is 10.6 Å². The lowest BCUT2D eigenvalue weighted by Crippen LogP contribution is -2.41. The average Bonchev–Trinajstić information content (AvgIpc) is 3.55. The Bertz CT molecular complexity index is 1770. The quantitative estimate of drug-likeness (QED) is 0.177. The molecular formula is C35H41N5O5. The fraction of sp³-hybridized carbons (Fsp3) is 0.371. The van der Waals surface area contributed by atoms with E-state index in [-0.39, 0.29) is 17.8 Å². The van der Waals surface area contributed by atoms with E-state index in [1.807, 2.05) is 61.7 Å². The molecular weight excluding hydrogens is 570 g/mol. The molecule has 0 aliphatic carbocycles. The Morgan fingerprint density at radius 2 is 1.56 bits per heavy atom. The zero-order chi connectivity index (χ0) is 32.5. The topological polar surface area (TPSA) is 126 Å². The van der Waals surface area contributed by atoms with E-state index < -0.39 is 23.4 Å². The summed E-state index contributed by atoms with van der Waals surface area (Å²) in [6, 6.07) is 21.3. The summed E-state index contributed by atoms with van der Waals surface area (Å²) in [4.78, 5) is 40.6. The predicted octanol–water partition coefficient (Wildman–Crippen LogP) is 6.43. The fourth-order valence-corrected chi connectivity index (χ4v) is 5.53. The van der Waals surface area contributed by atoms with Crippen molar-refractivity contribution in [2.45, 2.75) is 71.8 Å². The summed E-state index contributed by atoms with van der Waals surface area (Å²) in [7, 11) is 0. The first-order chi connectivity index (χ1) is 21.2. The third kappa shape index (κ3) is 7.63. The van der Waals surface area contributed by atoms with Crippen molar-refractivity contribution in [2.75, 3.05) is 13.1 Å². The number of carbonyl (C=O) groups is 3. The first kappa shape index (κ1) is 31.6. The van der Waals surface area contributed by atoms with Gasteiger partial charge in [-0.1, -0.05) is 54.6 Å². The van der Waals surface area contributed by atoms with Crippen molar-refractivity contribution in [1.82, 2.24) is 20.1 Å². The van der Waals surface area contributed by atoms with Gasteiger partial charge in [0, 0.05) is 36.1 Å². The van der Waals surface area contributed by atoms with Gasteiger partial charge in [-0.2, -0.15) is 0 Å². The van der Waals surface area contributed by atoms with Crippen molar-refractivity contribution >= 4 is 45.6 Å². The van der Waals surface area contributed by atoms with Gasteiger partial charge in [0.15, 0.2) is 0 Å². The fourth-order valence-electron chi connectivity index (χ4n) is 5.53. The number of amidine groups is 1. The monoisotopic (exact) mass is 611 g/mol. The van der Waals surface area contributed by atoms with Crippen LogP contribution in [0.3, 0.4) is 0 Å². The molecule has 0 saturated carbocycles. The van der Waals surface area contributed by atoms with Crippen LogP contribution in [0.1, 0.15) is 69.6 Å². The van der Waals surface area contributed by atoms with Crippen LogP contribution in [0.15, 0.2) is 66.7 Å². The van der Waals surface area contributed by atoms with Gasteiger partial charge >= 0.3 is 12.2 Å². The molecule has 3 aromatic carbocycles. The Morgan fingerprint density at radius 3 is 2.29 bits per heavy atom. The minimum atomic E-state index is -0.710. The summed E-state index contributed by atoms with van der Waals surface area (Å²) in [5, 5.41) is 17.0. The van der Waals surface area contributed by atoms with Crippen molar-refractivity contribution in [2.24, 2.45) is 0 Å². The molecule has 1 aromatic heterocycles. The van der Waals surface area contributed by atoms with Gasteiger partial charge in [-0.05, 0) is 76.4 Å². The molecule has 1 atom stereocenters. The van der Waals surface area contributed by atoms with Gasteiger partial charge in [-0.25, -0.2) is 9.59 Å². The number of fused-ring (bicyclic) bond motifs is 2. The molecule has 1 fully saturated rings. The Kier molecular flexibility index (Phi) is 8.60. The number of nitrogens with zero attached hydrogens (tertiary/aromatic N) is 2. The van der Waals surface area contributed by atoms with Crippen LogP contribution >= 0.6 is 0 Å². The van der Waals surface area contributed by atoms with Gasteiger partial charge in [0.25, 0.3) is 5.91 Å². The molecule has 236 valence electrons. The molecule has 0 radical (unpaired) electrons. The van der Waals surface area contributed by atoms with Crippen molar-refractivity contribution in [3.8, 4) is 0 Å². The summed E-state index contributed by atoms with van der Waals surface area (Å²) in [5.41, 5.74) is 1.46. The molecule has 1 saturated heterocycles. The van der Waals surface area contributed by atoms with Gasteiger partial charge in [-0.15, -0.1) is 0 Å². The highest BCUT2D eigenvalue weighted by Crippen LogP contribution is 2.28. The van der Waals surface area contributed by atoms with E-state index in [4.69, 9.17) is 14.9 Å². The molecule has 5 rings (SSSR count). The van der Waals surface area contributed by atoms with Gasteiger partial charge in [-0.3, -0.25) is 15.5 Å². The van der Waals surface area contributed by atoms with Crippen molar-refractivity contribution in [3.63, 3.8) is 0 Å². The zero-order valence-corrected chi connectivity index (χ0v) is 26.7. The summed E-state index contributed by atoms with van der Waals surface area (Å²) in [6.45, 7) is 12.0. The van der Waals surface area contributed by atoms with Crippen LogP contribution in [-0.2, 0) is 16.0 Å². The summed E-state index contributed by atoms with van der Waals surface area (Å²) in [5.74, 6) is -0.254. The number of aromatic nitrogens is 1. The number of ether oxygens (including phenoxy) is 2. The standard InChI is InChI=1S/C35H41N5O5/c1-34(2,3)44-32(42)37-26-16-17-39(21-26)31(41)29-18-23-14-15-24(30(36)38-33(43)45-35(4,5)6)19-28(23)40(29)20-25-12-9-11-22-10-7-8-13-27(22)25/h7-15,18-19,26H,16-17,20-21H2,1-6H3,(H,37,42)(H2,36,38,43)/t26-/m1/s1. The van der Waals surface area contributed by atoms with Gasteiger partial charge in [0.2, 0.25) is 0 Å². The van der Waals surface area contributed by atoms with Crippen LogP contribution in [0, 0.1) is 5.41 Å². The van der Waals surface area contributed by atoms with E-state index in [1.54, 1.807) is 31.7 Å². The summed E-state index contributed by atoms with van der Waals surface area (Å²) >= 11 is 0. The second-order valence-electron chi connectivity index (χ2n) is 13.4. The number of hydrogen-bond acceptors (Lipinski definition) is 6. The van der Waals surface area contributed by atoms with Crippen LogP contribution in [0.2, 0.25) is 0 Å². The zero-order valence-electron chi connectivity index (χ0n) is 26.7. The maximum Gasteiger partial charge on any atom is 0.413 e. The Hall–Kier alpha value is -4.86. The molecule has 3 N–H and O–H groups in total. The minimum Gasteiger partial charge on any atom is -0.444 e. The number of benzene rings is 3. The molecule has 0 unspecified atom stereocenters.